The van der Waals surface area contributed by atoms with E-state index in [9.17, 15) is 9.59 Å². The molecule has 0 saturated heterocycles. The quantitative estimate of drug-likeness (QED) is 0.806. The van der Waals surface area contributed by atoms with Crippen LogP contribution in [0.4, 0.5) is 10.5 Å². The molecule has 1 heterocycles. The van der Waals surface area contributed by atoms with Gasteiger partial charge in [0, 0.05) is 19.0 Å². The molecule has 0 radical (unpaired) electrons. The van der Waals surface area contributed by atoms with Crippen molar-refractivity contribution in [2.45, 2.75) is 0 Å². The number of amides is 2. The summed E-state index contributed by atoms with van der Waals surface area (Å²) >= 11 is 1.45. The summed E-state index contributed by atoms with van der Waals surface area (Å²) in [5.41, 5.74) is 0.660. The lowest BCUT2D eigenvalue weighted by Crippen LogP contribution is -2.40. The first-order valence-electron chi connectivity index (χ1n) is 4.92. The Morgan fingerprint density at radius 3 is 2.88 bits per heavy atom. The number of carbonyl (C=O) groups excluding carboxylic acids is 1. The Labute approximate surface area is 103 Å². The number of methoxy groups -OCH3 is 1. The molecule has 0 spiro atoms. The van der Waals surface area contributed by atoms with Gasteiger partial charge in [0.05, 0.1) is 12.3 Å². The SMILES string of the molecule is COCCN(CC(=O)O)C(=O)Nc1ccsc1. The molecular weight excluding hydrogens is 244 g/mol. The van der Waals surface area contributed by atoms with Crippen molar-refractivity contribution in [2.24, 2.45) is 0 Å². The van der Waals surface area contributed by atoms with E-state index in [1.807, 2.05) is 5.38 Å². The number of thiophene rings is 1. The van der Waals surface area contributed by atoms with Gasteiger partial charge >= 0.3 is 12.0 Å². The number of carboxylic acid groups (broad SMARTS) is 1. The van der Waals surface area contributed by atoms with Crippen molar-refractivity contribution in [3.63, 3.8) is 0 Å². The molecule has 0 bridgehead atoms. The second kappa shape index (κ2) is 6.87. The number of urea groups is 1. The highest BCUT2D eigenvalue weighted by molar-refractivity contribution is 7.08. The molecule has 0 unspecified atom stereocenters. The Balaban J connectivity index is 2.55. The average Bonchev–Trinajstić information content (AvgIpc) is 2.76. The highest BCUT2D eigenvalue weighted by Gasteiger charge is 2.16. The molecule has 17 heavy (non-hydrogen) atoms. The van der Waals surface area contributed by atoms with Gasteiger partial charge in [0.2, 0.25) is 0 Å². The van der Waals surface area contributed by atoms with Gasteiger partial charge in [0.1, 0.15) is 6.54 Å². The van der Waals surface area contributed by atoms with E-state index in [0.29, 0.717) is 12.3 Å². The molecule has 0 aromatic carbocycles. The second-order valence-corrected chi connectivity index (χ2v) is 4.03. The van der Waals surface area contributed by atoms with Crippen LogP contribution in [0.15, 0.2) is 16.8 Å². The number of nitrogens with one attached hydrogen (secondary N) is 1. The minimum Gasteiger partial charge on any atom is -0.480 e. The van der Waals surface area contributed by atoms with Gasteiger partial charge in [-0.1, -0.05) is 0 Å². The Hall–Kier alpha value is -1.60. The van der Waals surface area contributed by atoms with E-state index in [1.54, 1.807) is 11.4 Å². The van der Waals surface area contributed by atoms with Gasteiger partial charge in [0.25, 0.3) is 0 Å². The Morgan fingerprint density at radius 2 is 2.35 bits per heavy atom. The number of nitrogens with zero attached hydrogens (tertiary/aromatic N) is 1. The molecule has 7 heteroatoms. The summed E-state index contributed by atoms with van der Waals surface area (Å²) in [5, 5.41) is 14.9. The van der Waals surface area contributed by atoms with Gasteiger partial charge in [-0.05, 0) is 11.4 Å². The fourth-order valence-corrected chi connectivity index (χ4v) is 1.74. The maximum absolute atomic E-state index is 11.8. The van der Waals surface area contributed by atoms with Crippen molar-refractivity contribution < 1.29 is 19.4 Å². The first-order chi connectivity index (χ1) is 8.13. The van der Waals surface area contributed by atoms with Crippen LogP contribution in [0.3, 0.4) is 0 Å². The third-order valence-corrected chi connectivity index (χ3v) is 2.63. The van der Waals surface area contributed by atoms with Crippen molar-refractivity contribution in [1.82, 2.24) is 4.90 Å². The molecule has 0 atom stereocenters. The van der Waals surface area contributed by atoms with E-state index < -0.39 is 12.0 Å². The van der Waals surface area contributed by atoms with Gasteiger partial charge in [-0.3, -0.25) is 4.79 Å². The predicted molar refractivity (Wildman–Crippen MR) is 64.4 cm³/mol. The molecule has 1 rings (SSSR count). The van der Waals surface area contributed by atoms with Crippen LogP contribution in [0.2, 0.25) is 0 Å². The van der Waals surface area contributed by atoms with E-state index >= 15 is 0 Å². The van der Waals surface area contributed by atoms with Crippen molar-refractivity contribution in [2.75, 3.05) is 32.1 Å². The zero-order valence-corrected chi connectivity index (χ0v) is 10.2. The topological polar surface area (TPSA) is 78.9 Å². The predicted octanol–water partition coefficient (Wildman–Crippen LogP) is 1.31. The standard InChI is InChI=1S/C10H14N2O4S/c1-16-4-3-12(6-9(13)14)10(15)11-8-2-5-17-7-8/h2,5,7H,3-4,6H2,1H3,(H,11,15)(H,13,14). The number of carbonyl (C=O) groups is 2. The third-order valence-electron chi connectivity index (χ3n) is 1.95. The summed E-state index contributed by atoms with van der Waals surface area (Å²) in [6.45, 7) is 0.183. The van der Waals surface area contributed by atoms with E-state index in [0.717, 1.165) is 0 Å². The van der Waals surface area contributed by atoms with E-state index in [2.05, 4.69) is 5.32 Å². The summed E-state index contributed by atoms with van der Waals surface area (Å²) in [6, 6.07) is 1.31. The Bertz CT molecular complexity index is 366. The van der Waals surface area contributed by atoms with E-state index in [-0.39, 0.29) is 13.1 Å². The highest BCUT2D eigenvalue weighted by atomic mass is 32.1. The summed E-state index contributed by atoms with van der Waals surface area (Å²) in [5.74, 6) is -1.05. The normalized spacial score (nSPS) is 9.94. The molecule has 94 valence electrons. The fraction of sp³-hybridized carbons (Fsp3) is 0.400. The van der Waals surface area contributed by atoms with Crippen molar-refractivity contribution in [3.05, 3.63) is 16.8 Å². The van der Waals surface area contributed by atoms with Crippen LogP contribution >= 0.6 is 11.3 Å². The minimum atomic E-state index is -1.05. The van der Waals surface area contributed by atoms with Crippen molar-refractivity contribution in [3.8, 4) is 0 Å². The largest absolute Gasteiger partial charge is 0.480 e. The second-order valence-electron chi connectivity index (χ2n) is 3.25. The van der Waals surface area contributed by atoms with Gasteiger partial charge in [-0.15, -0.1) is 0 Å². The number of anilines is 1. The van der Waals surface area contributed by atoms with Crippen LogP contribution in [0, 0.1) is 0 Å². The lowest BCUT2D eigenvalue weighted by molar-refractivity contribution is -0.137. The maximum atomic E-state index is 11.8. The number of rotatable bonds is 6. The first kappa shape index (κ1) is 13.5. The lowest BCUT2D eigenvalue weighted by atomic mass is 10.4. The monoisotopic (exact) mass is 258 g/mol. The van der Waals surface area contributed by atoms with Gasteiger partial charge in [0.15, 0.2) is 0 Å². The maximum Gasteiger partial charge on any atom is 0.323 e. The molecule has 0 aliphatic carbocycles. The summed E-state index contributed by atoms with van der Waals surface area (Å²) in [7, 11) is 1.50. The number of ether oxygens (including phenoxy) is 1. The van der Waals surface area contributed by atoms with Gasteiger partial charge in [-0.2, -0.15) is 11.3 Å². The van der Waals surface area contributed by atoms with Crippen LogP contribution in [0.25, 0.3) is 0 Å². The summed E-state index contributed by atoms with van der Waals surface area (Å²) < 4.78 is 4.83. The molecule has 0 aliphatic rings. The molecule has 0 fully saturated rings. The van der Waals surface area contributed by atoms with E-state index in [1.165, 1.54) is 23.3 Å². The molecular formula is C10H14N2O4S. The van der Waals surface area contributed by atoms with Crippen LogP contribution in [-0.4, -0.2) is 48.8 Å². The molecule has 2 amide bonds. The minimum absolute atomic E-state index is 0.235. The number of carboxylic acids is 1. The lowest BCUT2D eigenvalue weighted by Gasteiger charge is -2.20. The van der Waals surface area contributed by atoms with Crippen LogP contribution in [0.1, 0.15) is 0 Å². The van der Waals surface area contributed by atoms with Gasteiger partial charge in [-0.25, -0.2) is 4.79 Å². The van der Waals surface area contributed by atoms with Crippen molar-refractivity contribution >= 4 is 29.0 Å². The third kappa shape index (κ3) is 4.83. The molecule has 1 aromatic rings. The zero-order chi connectivity index (χ0) is 12.7. The van der Waals surface area contributed by atoms with Crippen LogP contribution in [0.5, 0.6) is 0 Å². The number of aliphatic carboxylic acids is 1. The van der Waals surface area contributed by atoms with Crippen molar-refractivity contribution in [1.29, 1.82) is 0 Å². The fourth-order valence-electron chi connectivity index (χ4n) is 1.16. The highest BCUT2D eigenvalue weighted by Crippen LogP contribution is 2.12. The Kier molecular flexibility index (Phi) is 5.44. The Morgan fingerprint density at radius 1 is 1.59 bits per heavy atom. The molecule has 6 nitrogen and oxygen atoms in total. The molecule has 1 aromatic heterocycles. The summed E-state index contributed by atoms with van der Waals surface area (Å²) in [6.07, 6.45) is 0. The molecule has 0 aliphatic heterocycles. The van der Waals surface area contributed by atoms with Crippen LogP contribution < -0.4 is 5.32 Å². The van der Waals surface area contributed by atoms with Gasteiger partial charge < -0.3 is 20.1 Å². The summed E-state index contributed by atoms with van der Waals surface area (Å²) in [4.78, 5) is 23.6. The molecule has 0 saturated carbocycles. The van der Waals surface area contributed by atoms with E-state index in [4.69, 9.17) is 9.84 Å². The number of hydrogen-bond acceptors (Lipinski definition) is 4. The number of hydrogen-bond donors (Lipinski definition) is 2. The first-order valence-corrected chi connectivity index (χ1v) is 5.86. The zero-order valence-electron chi connectivity index (χ0n) is 9.38. The average molecular weight is 258 g/mol. The smallest absolute Gasteiger partial charge is 0.323 e. The molecule has 2 N–H and O–H groups in total. The van der Waals surface area contributed by atoms with Crippen LogP contribution in [-0.2, 0) is 9.53 Å².